The molecule has 1 saturated heterocycles. The van der Waals surface area contributed by atoms with Crippen molar-refractivity contribution in [1.29, 1.82) is 0 Å². The van der Waals surface area contributed by atoms with Crippen molar-refractivity contribution < 1.29 is 14.0 Å². The second kappa shape index (κ2) is 4.98. The van der Waals surface area contributed by atoms with Crippen LogP contribution >= 0.6 is 0 Å². The van der Waals surface area contributed by atoms with Gasteiger partial charge in [-0.05, 0) is 36.4 Å². The molecular weight excluding hydrogens is 299 g/mol. The highest BCUT2D eigenvalue weighted by molar-refractivity contribution is 6.26. The number of carbonyl (C=O) groups excluding carboxylic acids is 2. The molecule has 1 fully saturated rings. The Morgan fingerprint density at radius 1 is 0.870 bits per heavy atom. The monoisotopic (exact) mass is 310 g/mol. The standard InChI is InChI=1S/C16H11FN4O2/c17-10-6-8-12(9-7-10)21-14-13(18-19-21)15(22)20(16(14)23)11-4-2-1-3-5-11/h1-9,13-14H/t13-,14-/m1/s1. The molecule has 7 heteroatoms. The van der Waals surface area contributed by atoms with Gasteiger partial charge in [-0.1, -0.05) is 23.4 Å². The molecule has 2 heterocycles. The van der Waals surface area contributed by atoms with Gasteiger partial charge in [-0.3, -0.25) is 9.59 Å². The Morgan fingerprint density at radius 3 is 2.26 bits per heavy atom. The average Bonchev–Trinajstić information content (AvgIpc) is 3.10. The lowest BCUT2D eigenvalue weighted by molar-refractivity contribution is -0.121. The highest BCUT2D eigenvalue weighted by atomic mass is 19.1. The van der Waals surface area contributed by atoms with Crippen molar-refractivity contribution in [1.82, 2.24) is 0 Å². The van der Waals surface area contributed by atoms with E-state index in [1.807, 2.05) is 0 Å². The third-order valence-electron chi connectivity index (χ3n) is 3.89. The molecule has 2 amide bonds. The second-order valence-electron chi connectivity index (χ2n) is 5.26. The zero-order valence-electron chi connectivity index (χ0n) is 11.8. The lowest BCUT2D eigenvalue weighted by Crippen LogP contribution is -2.39. The number of fused-ring (bicyclic) bond motifs is 1. The van der Waals surface area contributed by atoms with Gasteiger partial charge in [-0.25, -0.2) is 14.3 Å². The quantitative estimate of drug-likeness (QED) is 0.800. The first-order chi connectivity index (χ1) is 11.2. The average molecular weight is 310 g/mol. The van der Waals surface area contributed by atoms with Crippen molar-refractivity contribution in [3.63, 3.8) is 0 Å². The van der Waals surface area contributed by atoms with Gasteiger partial charge in [-0.2, -0.15) is 5.11 Å². The highest BCUT2D eigenvalue weighted by Crippen LogP contribution is 2.34. The Labute approximate surface area is 130 Å². The van der Waals surface area contributed by atoms with Gasteiger partial charge in [0.25, 0.3) is 11.8 Å². The maximum absolute atomic E-state index is 13.1. The number of carbonyl (C=O) groups is 2. The Morgan fingerprint density at radius 2 is 1.57 bits per heavy atom. The molecule has 0 saturated carbocycles. The fourth-order valence-electron chi connectivity index (χ4n) is 2.80. The summed E-state index contributed by atoms with van der Waals surface area (Å²) in [5.41, 5.74) is 1.02. The molecule has 0 aliphatic carbocycles. The van der Waals surface area contributed by atoms with Crippen LogP contribution < -0.4 is 9.91 Å². The van der Waals surface area contributed by atoms with E-state index in [4.69, 9.17) is 0 Å². The first kappa shape index (κ1) is 13.6. The van der Waals surface area contributed by atoms with Gasteiger partial charge in [0.1, 0.15) is 5.82 Å². The number of anilines is 2. The molecule has 0 N–H and O–H groups in total. The maximum atomic E-state index is 13.1. The number of halogens is 1. The molecular formula is C16H11FN4O2. The fourth-order valence-corrected chi connectivity index (χ4v) is 2.80. The van der Waals surface area contributed by atoms with Crippen molar-refractivity contribution in [2.75, 3.05) is 9.91 Å². The SMILES string of the molecule is O=C1[C@@H]2N=NN(c3ccc(F)cc3)[C@H]2C(=O)N1c1ccccc1. The van der Waals surface area contributed by atoms with Crippen molar-refractivity contribution >= 4 is 23.2 Å². The van der Waals surface area contributed by atoms with Crippen LogP contribution in [-0.2, 0) is 9.59 Å². The molecule has 4 rings (SSSR count). The Hall–Kier alpha value is -3.09. The second-order valence-corrected chi connectivity index (χ2v) is 5.26. The lowest BCUT2D eigenvalue weighted by Gasteiger charge is -2.20. The van der Waals surface area contributed by atoms with Crippen molar-refractivity contribution in [2.24, 2.45) is 10.3 Å². The van der Waals surface area contributed by atoms with E-state index in [-0.39, 0.29) is 11.7 Å². The first-order valence-electron chi connectivity index (χ1n) is 7.05. The van der Waals surface area contributed by atoms with Crippen LogP contribution in [0.1, 0.15) is 0 Å². The molecule has 2 atom stereocenters. The van der Waals surface area contributed by atoms with Gasteiger partial charge < -0.3 is 0 Å². The summed E-state index contributed by atoms with van der Waals surface area (Å²) >= 11 is 0. The number of para-hydroxylation sites is 1. The van der Waals surface area contributed by atoms with Crippen LogP contribution in [0, 0.1) is 5.82 Å². The van der Waals surface area contributed by atoms with Crippen LogP contribution in [0.4, 0.5) is 15.8 Å². The van der Waals surface area contributed by atoms with Crippen LogP contribution in [0.3, 0.4) is 0 Å². The van der Waals surface area contributed by atoms with Gasteiger partial charge in [0.05, 0.1) is 11.4 Å². The number of amides is 2. The minimum atomic E-state index is -0.868. The molecule has 114 valence electrons. The van der Waals surface area contributed by atoms with Crippen molar-refractivity contribution in [3.8, 4) is 0 Å². The van der Waals surface area contributed by atoms with Gasteiger partial charge in [0, 0.05) is 0 Å². The first-order valence-corrected chi connectivity index (χ1v) is 7.05. The summed E-state index contributed by atoms with van der Waals surface area (Å²) in [7, 11) is 0. The number of hydrogen-bond acceptors (Lipinski definition) is 5. The summed E-state index contributed by atoms with van der Waals surface area (Å²) in [5, 5.41) is 9.22. The summed E-state index contributed by atoms with van der Waals surface area (Å²) in [6.07, 6.45) is 0. The predicted octanol–water partition coefficient (Wildman–Crippen LogP) is 2.32. The molecule has 0 bridgehead atoms. The summed E-state index contributed by atoms with van der Waals surface area (Å²) in [5.74, 6) is -1.18. The smallest absolute Gasteiger partial charge is 0.263 e. The summed E-state index contributed by atoms with van der Waals surface area (Å²) < 4.78 is 13.1. The summed E-state index contributed by atoms with van der Waals surface area (Å²) in [6.45, 7) is 0. The molecule has 0 spiro atoms. The summed E-state index contributed by atoms with van der Waals surface area (Å²) in [6, 6.07) is 12.5. The molecule has 2 aromatic carbocycles. The van der Waals surface area contributed by atoms with E-state index in [1.165, 1.54) is 29.3 Å². The number of benzene rings is 2. The van der Waals surface area contributed by atoms with Crippen LogP contribution in [-0.4, -0.2) is 23.9 Å². The van der Waals surface area contributed by atoms with Crippen molar-refractivity contribution in [3.05, 3.63) is 60.4 Å². The molecule has 0 aromatic heterocycles. The number of rotatable bonds is 2. The minimum Gasteiger partial charge on any atom is -0.271 e. The van der Waals surface area contributed by atoms with E-state index >= 15 is 0 Å². The van der Waals surface area contributed by atoms with Gasteiger partial charge in [0.2, 0.25) is 0 Å². The molecule has 2 aliphatic heterocycles. The Bertz CT molecular complexity index is 807. The Kier molecular flexibility index (Phi) is 2.94. The van der Waals surface area contributed by atoms with Crippen LogP contribution in [0.2, 0.25) is 0 Å². The topological polar surface area (TPSA) is 65.3 Å². The zero-order valence-corrected chi connectivity index (χ0v) is 11.8. The molecule has 23 heavy (non-hydrogen) atoms. The zero-order chi connectivity index (χ0) is 16.0. The van der Waals surface area contributed by atoms with Crippen LogP contribution in [0.15, 0.2) is 64.9 Å². The molecule has 0 unspecified atom stereocenters. The van der Waals surface area contributed by atoms with E-state index in [2.05, 4.69) is 10.3 Å². The van der Waals surface area contributed by atoms with E-state index in [1.54, 1.807) is 30.3 Å². The van der Waals surface area contributed by atoms with Crippen LogP contribution in [0.5, 0.6) is 0 Å². The minimum absolute atomic E-state index is 0.388. The third kappa shape index (κ3) is 2.01. The van der Waals surface area contributed by atoms with Crippen LogP contribution in [0.25, 0.3) is 0 Å². The number of hydrogen-bond donors (Lipinski definition) is 0. The van der Waals surface area contributed by atoms with E-state index in [9.17, 15) is 14.0 Å². The Balaban J connectivity index is 1.70. The van der Waals surface area contributed by atoms with E-state index in [0.29, 0.717) is 11.4 Å². The number of nitrogens with zero attached hydrogens (tertiary/aromatic N) is 4. The van der Waals surface area contributed by atoms with E-state index < -0.39 is 18.0 Å². The molecule has 2 aromatic rings. The predicted molar refractivity (Wildman–Crippen MR) is 80.2 cm³/mol. The van der Waals surface area contributed by atoms with Gasteiger partial charge in [-0.15, -0.1) is 0 Å². The largest absolute Gasteiger partial charge is 0.271 e. The fraction of sp³-hybridized carbons (Fsp3) is 0.125. The molecule has 6 nitrogen and oxygen atoms in total. The maximum Gasteiger partial charge on any atom is 0.263 e. The normalized spacial score (nSPS) is 22.8. The summed E-state index contributed by atoms with van der Waals surface area (Å²) in [4.78, 5) is 26.3. The molecule has 0 radical (unpaired) electrons. The number of imide groups is 1. The van der Waals surface area contributed by atoms with Gasteiger partial charge >= 0.3 is 0 Å². The van der Waals surface area contributed by atoms with Crippen molar-refractivity contribution in [2.45, 2.75) is 12.1 Å². The van der Waals surface area contributed by atoms with Gasteiger partial charge in [0.15, 0.2) is 12.1 Å². The highest BCUT2D eigenvalue weighted by Gasteiger charge is 2.55. The lowest BCUT2D eigenvalue weighted by atomic mass is 10.1. The molecule has 2 aliphatic rings. The third-order valence-corrected chi connectivity index (χ3v) is 3.89. The van der Waals surface area contributed by atoms with E-state index in [0.717, 1.165) is 4.90 Å².